The lowest BCUT2D eigenvalue weighted by molar-refractivity contribution is 0.464. The molecule has 1 atom stereocenters. The summed E-state index contributed by atoms with van der Waals surface area (Å²) in [6, 6.07) is 1.30. The molecule has 0 bridgehead atoms. The van der Waals surface area contributed by atoms with Crippen LogP contribution in [-0.2, 0) is 0 Å². The molecular formula is C14H24N2S. The average molecular weight is 252 g/mol. The van der Waals surface area contributed by atoms with Crippen LogP contribution in [0.4, 0.5) is 0 Å². The van der Waals surface area contributed by atoms with E-state index >= 15 is 0 Å². The van der Waals surface area contributed by atoms with E-state index < -0.39 is 0 Å². The Hall–Kier alpha value is -0.410. The molecule has 2 nitrogen and oxygen atoms in total. The van der Waals surface area contributed by atoms with Gasteiger partial charge in [-0.2, -0.15) is 0 Å². The van der Waals surface area contributed by atoms with Crippen molar-refractivity contribution in [3.8, 4) is 0 Å². The molecule has 1 unspecified atom stereocenters. The summed E-state index contributed by atoms with van der Waals surface area (Å²) in [5.74, 6) is 0. The maximum atomic E-state index is 4.47. The summed E-state index contributed by atoms with van der Waals surface area (Å²) in [6.45, 7) is 2.27. The van der Waals surface area contributed by atoms with Crippen LogP contribution in [0.5, 0.6) is 0 Å². The largest absolute Gasteiger partial charge is 0.305 e. The van der Waals surface area contributed by atoms with Crippen LogP contribution in [0.3, 0.4) is 0 Å². The maximum absolute atomic E-state index is 4.47. The van der Waals surface area contributed by atoms with E-state index in [1.165, 1.54) is 56.4 Å². The van der Waals surface area contributed by atoms with E-state index in [-0.39, 0.29) is 0 Å². The molecule has 1 saturated carbocycles. The zero-order valence-electron chi connectivity index (χ0n) is 10.8. The van der Waals surface area contributed by atoms with Crippen LogP contribution < -0.4 is 5.32 Å². The fourth-order valence-corrected chi connectivity index (χ4v) is 2.90. The van der Waals surface area contributed by atoms with Crippen molar-refractivity contribution in [2.75, 3.05) is 0 Å². The molecule has 0 spiro atoms. The summed E-state index contributed by atoms with van der Waals surface area (Å²) in [4.78, 5) is 4.47. The first-order chi connectivity index (χ1) is 8.40. The van der Waals surface area contributed by atoms with Gasteiger partial charge >= 0.3 is 0 Å². The number of nitrogens with one attached hydrogen (secondary N) is 1. The Morgan fingerprint density at radius 1 is 1.35 bits per heavy atom. The number of hydrogen-bond acceptors (Lipinski definition) is 3. The number of nitrogens with zero attached hydrogens (tertiary/aromatic N) is 1. The topological polar surface area (TPSA) is 24.9 Å². The Morgan fingerprint density at radius 2 is 2.18 bits per heavy atom. The Kier molecular flexibility index (Phi) is 5.46. The Balaban J connectivity index is 1.71. The SMILES string of the molecule is CCCCCCCC(NC1CC1)c1nccs1. The van der Waals surface area contributed by atoms with Crippen LogP contribution in [0.2, 0.25) is 0 Å². The highest BCUT2D eigenvalue weighted by Crippen LogP contribution is 2.28. The second kappa shape index (κ2) is 7.12. The first kappa shape index (κ1) is 13.0. The van der Waals surface area contributed by atoms with Gasteiger partial charge in [0.1, 0.15) is 5.01 Å². The molecular weight excluding hydrogens is 228 g/mol. The Labute approximate surface area is 109 Å². The number of thiazole rings is 1. The zero-order chi connectivity index (χ0) is 11.9. The van der Waals surface area contributed by atoms with Crippen LogP contribution in [0.1, 0.15) is 69.3 Å². The lowest BCUT2D eigenvalue weighted by Gasteiger charge is -2.15. The molecule has 0 saturated heterocycles. The minimum atomic E-state index is 0.518. The highest BCUT2D eigenvalue weighted by Gasteiger charge is 2.26. The van der Waals surface area contributed by atoms with Gasteiger partial charge in [0.2, 0.25) is 0 Å². The van der Waals surface area contributed by atoms with Crippen LogP contribution in [0.15, 0.2) is 11.6 Å². The molecule has 0 radical (unpaired) electrons. The summed E-state index contributed by atoms with van der Waals surface area (Å²) in [7, 11) is 0. The molecule has 17 heavy (non-hydrogen) atoms. The summed E-state index contributed by atoms with van der Waals surface area (Å²) in [5.41, 5.74) is 0. The summed E-state index contributed by atoms with van der Waals surface area (Å²) < 4.78 is 0. The molecule has 1 aliphatic carbocycles. The van der Waals surface area contributed by atoms with Gasteiger partial charge in [-0.15, -0.1) is 11.3 Å². The molecule has 3 heteroatoms. The summed E-state index contributed by atoms with van der Waals surface area (Å²) in [5, 5.41) is 7.11. The highest BCUT2D eigenvalue weighted by molar-refractivity contribution is 7.09. The van der Waals surface area contributed by atoms with Crippen molar-refractivity contribution in [3.05, 3.63) is 16.6 Å². The lowest BCUT2D eigenvalue weighted by Crippen LogP contribution is -2.23. The minimum Gasteiger partial charge on any atom is -0.305 e. The van der Waals surface area contributed by atoms with Crippen molar-refractivity contribution < 1.29 is 0 Å². The van der Waals surface area contributed by atoms with Gasteiger partial charge in [0.15, 0.2) is 0 Å². The average Bonchev–Trinajstić information content (AvgIpc) is 2.99. The van der Waals surface area contributed by atoms with Crippen molar-refractivity contribution >= 4 is 11.3 Å². The summed E-state index contributed by atoms with van der Waals surface area (Å²) in [6.07, 6.45) is 12.7. The van der Waals surface area contributed by atoms with E-state index in [4.69, 9.17) is 0 Å². The molecule has 0 aliphatic heterocycles. The van der Waals surface area contributed by atoms with E-state index in [1.54, 1.807) is 11.3 Å². The molecule has 1 aliphatic rings. The quantitative estimate of drug-likeness (QED) is 0.663. The molecule has 0 aromatic carbocycles. The third kappa shape index (κ3) is 4.76. The first-order valence-corrected chi connectivity index (χ1v) is 7.93. The van der Waals surface area contributed by atoms with Crippen LogP contribution in [0, 0.1) is 0 Å². The van der Waals surface area contributed by atoms with Crippen LogP contribution in [0.25, 0.3) is 0 Å². The standard InChI is InChI=1S/C14H24N2S/c1-2-3-4-5-6-7-13(16-12-8-9-12)14-15-10-11-17-14/h10-13,16H,2-9H2,1H3. The molecule has 1 fully saturated rings. The molecule has 1 aromatic rings. The second-order valence-corrected chi connectivity index (χ2v) is 5.99. The third-order valence-corrected chi connectivity index (χ3v) is 4.25. The molecule has 2 rings (SSSR count). The van der Waals surface area contributed by atoms with E-state index in [0.717, 1.165) is 6.04 Å². The fraction of sp³-hybridized carbons (Fsp3) is 0.786. The number of rotatable bonds is 9. The molecule has 1 heterocycles. The Morgan fingerprint density at radius 3 is 2.82 bits per heavy atom. The van der Waals surface area contributed by atoms with Crippen LogP contribution in [-0.4, -0.2) is 11.0 Å². The third-order valence-electron chi connectivity index (χ3n) is 3.36. The maximum Gasteiger partial charge on any atom is 0.109 e. The van der Waals surface area contributed by atoms with Crippen molar-refractivity contribution in [2.45, 2.75) is 70.4 Å². The van der Waals surface area contributed by atoms with Crippen molar-refractivity contribution in [2.24, 2.45) is 0 Å². The molecule has 96 valence electrons. The first-order valence-electron chi connectivity index (χ1n) is 7.05. The van der Waals surface area contributed by atoms with Gasteiger partial charge in [-0.3, -0.25) is 0 Å². The zero-order valence-corrected chi connectivity index (χ0v) is 11.6. The van der Waals surface area contributed by atoms with E-state index in [1.807, 2.05) is 6.20 Å². The molecule has 1 N–H and O–H groups in total. The van der Waals surface area contributed by atoms with E-state index in [9.17, 15) is 0 Å². The second-order valence-electron chi connectivity index (χ2n) is 5.07. The van der Waals surface area contributed by atoms with Gasteiger partial charge in [0.05, 0.1) is 6.04 Å². The normalized spacial score (nSPS) is 17.2. The van der Waals surface area contributed by atoms with Gasteiger partial charge in [0.25, 0.3) is 0 Å². The highest BCUT2D eigenvalue weighted by atomic mass is 32.1. The van der Waals surface area contributed by atoms with Gasteiger partial charge < -0.3 is 5.32 Å². The van der Waals surface area contributed by atoms with Gasteiger partial charge in [0, 0.05) is 17.6 Å². The Bertz CT molecular complexity index is 293. The van der Waals surface area contributed by atoms with Gasteiger partial charge in [-0.1, -0.05) is 39.0 Å². The van der Waals surface area contributed by atoms with Crippen molar-refractivity contribution in [1.82, 2.24) is 10.3 Å². The number of hydrogen-bond donors (Lipinski definition) is 1. The van der Waals surface area contributed by atoms with Crippen LogP contribution >= 0.6 is 11.3 Å². The predicted molar refractivity (Wildman–Crippen MR) is 74.4 cm³/mol. The fourth-order valence-electron chi connectivity index (χ4n) is 2.17. The van der Waals surface area contributed by atoms with E-state index in [2.05, 4.69) is 22.6 Å². The van der Waals surface area contributed by atoms with Gasteiger partial charge in [-0.25, -0.2) is 4.98 Å². The van der Waals surface area contributed by atoms with Crippen molar-refractivity contribution in [3.63, 3.8) is 0 Å². The minimum absolute atomic E-state index is 0.518. The van der Waals surface area contributed by atoms with Gasteiger partial charge in [-0.05, 0) is 19.3 Å². The lowest BCUT2D eigenvalue weighted by atomic mass is 10.1. The predicted octanol–water partition coefficient (Wildman–Crippen LogP) is 4.30. The molecule has 1 aromatic heterocycles. The van der Waals surface area contributed by atoms with E-state index in [0.29, 0.717) is 6.04 Å². The number of unbranched alkanes of at least 4 members (excludes halogenated alkanes) is 4. The number of aromatic nitrogens is 1. The molecule has 0 amide bonds. The monoisotopic (exact) mass is 252 g/mol. The summed E-state index contributed by atoms with van der Waals surface area (Å²) >= 11 is 1.80. The van der Waals surface area contributed by atoms with Crippen molar-refractivity contribution in [1.29, 1.82) is 0 Å². The smallest absolute Gasteiger partial charge is 0.109 e.